The quantitative estimate of drug-likeness (QED) is 0.341. The first kappa shape index (κ1) is 18.4. The second-order valence-electron chi connectivity index (χ2n) is 5.00. The summed E-state index contributed by atoms with van der Waals surface area (Å²) in [7, 11) is 0. The van der Waals surface area contributed by atoms with Crippen molar-refractivity contribution in [2.24, 2.45) is 5.10 Å². The lowest BCUT2D eigenvalue weighted by molar-refractivity contribution is -0.385. The van der Waals surface area contributed by atoms with Crippen LogP contribution in [-0.2, 0) is 4.79 Å². The summed E-state index contributed by atoms with van der Waals surface area (Å²) in [6, 6.07) is 9.46. The van der Waals surface area contributed by atoms with Gasteiger partial charge in [-0.1, -0.05) is 12.1 Å². The monoisotopic (exact) mass is 358 g/mol. The predicted molar refractivity (Wildman–Crippen MR) is 90.9 cm³/mol. The number of hydrogen-bond donors (Lipinski definition) is 4. The molecule has 0 radical (unpaired) electrons. The Kier molecular flexibility index (Phi) is 5.83. The van der Waals surface area contributed by atoms with E-state index in [0.717, 1.165) is 18.3 Å². The van der Waals surface area contributed by atoms with Gasteiger partial charge in [0.25, 0.3) is 11.8 Å². The van der Waals surface area contributed by atoms with Crippen molar-refractivity contribution in [3.8, 4) is 11.5 Å². The molecule has 2 aromatic carbocycles. The molecule has 0 bridgehead atoms. The molecule has 0 aliphatic carbocycles. The van der Waals surface area contributed by atoms with Crippen LogP contribution in [0.1, 0.15) is 15.9 Å². The van der Waals surface area contributed by atoms with Gasteiger partial charge in [-0.05, 0) is 24.3 Å². The second kappa shape index (κ2) is 8.24. The average Bonchev–Trinajstić information content (AvgIpc) is 2.61. The number of hydrazone groups is 1. The lowest BCUT2D eigenvalue weighted by Crippen LogP contribution is -2.34. The summed E-state index contributed by atoms with van der Waals surface area (Å²) in [6.45, 7) is -0.389. The number of nitro groups is 1. The highest BCUT2D eigenvalue weighted by Crippen LogP contribution is 2.25. The van der Waals surface area contributed by atoms with E-state index in [1.807, 2.05) is 0 Å². The Bertz CT molecular complexity index is 881. The van der Waals surface area contributed by atoms with Gasteiger partial charge in [-0.2, -0.15) is 5.10 Å². The smallest absolute Gasteiger partial charge is 0.311 e. The normalized spacial score (nSPS) is 10.5. The molecule has 0 atom stereocenters. The van der Waals surface area contributed by atoms with Crippen LogP contribution in [0.5, 0.6) is 11.5 Å². The van der Waals surface area contributed by atoms with Gasteiger partial charge in [0, 0.05) is 11.6 Å². The molecule has 26 heavy (non-hydrogen) atoms. The standard InChI is InChI=1S/C16H14N4O6/c21-13-4-2-1-3-11(13)16(24)17-9-15(23)19-18-8-10-5-6-14(22)12(7-10)20(25)26/h1-8,21-22H,9H2,(H,17,24)(H,19,23). The number of nitro benzene ring substituents is 1. The van der Waals surface area contributed by atoms with Crippen LogP contribution in [0, 0.1) is 10.1 Å². The largest absolute Gasteiger partial charge is 0.507 e. The molecule has 0 aliphatic rings. The highest BCUT2D eigenvalue weighted by atomic mass is 16.6. The van der Waals surface area contributed by atoms with E-state index < -0.39 is 28.2 Å². The van der Waals surface area contributed by atoms with E-state index >= 15 is 0 Å². The number of benzene rings is 2. The van der Waals surface area contributed by atoms with Gasteiger partial charge in [0.1, 0.15) is 5.75 Å². The van der Waals surface area contributed by atoms with Crippen molar-refractivity contribution >= 4 is 23.7 Å². The van der Waals surface area contributed by atoms with Crippen LogP contribution in [0.3, 0.4) is 0 Å². The van der Waals surface area contributed by atoms with Gasteiger partial charge in [0.15, 0.2) is 5.75 Å². The first-order chi connectivity index (χ1) is 12.4. The SMILES string of the molecule is O=C(CNC(=O)c1ccccc1O)NN=Cc1ccc(O)c([N+](=O)[O-])c1. The molecule has 2 aromatic rings. The molecule has 10 heteroatoms. The zero-order valence-corrected chi connectivity index (χ0v) is 13.2. The van der Waals surface area contributed by atoms with Crippen molar-refractivity contribution in [1.29, 1.82) is 0 Å². The molecule has 0 aromatic heterocycles. The van der Waals surface area contributed by atoms with Crippen molar-refractivity contribution in [3.05, 3.63) is 63.7 Å². The Balaban J connectivity index is 1.88. The summed E-state index contributed by atoms with van der Waals surface area (Å²) in [6.07, 6.45) is 1.15. The number of carbonyl (C=O) groups excluding carboxylic acids is 2. The number of carbonyl (C=O) groups is 2. The third-order valence-electron chi connectivity index (χ3n) is 3.16. The van der Waals surface area contributed by atoms with Crippen LogP contribution in [0.25, 0.3) is 0 Å². The van der Waals surface area contributed by atoms with E-state index in [1.165, 1.54) is 18.2 Å². The van der Waals surface area contributed by atoms with Crippen LogP contribution in [-0.4, -0.2) is 39.7 Å². The Morgan fingerprint density at radius 1 is 1.15 bits per heavy atom. The molecule has 4 N–H and O–H groups in total. The summed E-state index contributed by atoms with van der Waals surface area (Å²) in [4.78, 5) is 33.4. The third-order valence-corrected chi connectivity index (χ3v) is 3.16. The average molecular weight is 358 g/mol. The molecule has 0 saturated carbocycles. The maximum atomic E-state index is 11.8. The molecular formula is C16H14N4O6. The lowest BCUT2D eigenvalue weighted by Gasteiger charge is -2.05. The van der Waals surface area contributed by atoms with E-state index in [-0.39, 0.29) is 23.4 Å². The van der Waals surface area contributed by atoms with Gasteiger partial charge in [-0.3, -0.25) is 19.7 Å². The van der Waals surface area contributed by atoms with E-state index in [9.17, 15) is 29.9 Å². The molecule has 0 unspecified atom stereocenters. The van der Waals surface area contributed by atoms with E-state index in [2.05, 4.69) is 15.8 Å². The molecule has 0 heterocycles. The highest BCUT2D eigenvalue weighted by molar-refractivity contribution is 5.98. The number of hydrogen-bond acceptors (Lipinski definition) is 7. The van der Waals surface area contributed by atoms with Crippen molar-refractivity contribution < 1.29 is 24.7 Å². The number of aromatic hydroxyl groups is 2. The first-order valence-corrected chi connectivity index (χ1v) is 7.24. The topological polar surface area (TPSA) is 154 Å². The summed E-state index contributed by atoms with van der Waals surface area (Å²) < 4.78 is 0. The van der Waals surface area contributed by atoms with Gasteiger partial charge in [-0.15, -0.1) is 0 Å². The first-order valence-electron chi connectivity index (χ1n) is 7.24. The molecule has 2 amide bonds. The maximum absolute atomic E-state index is 11.8. The van der Waals surface area contributed by atoms with Crippen LogP contribution in [0.2, 0.25) is 0 Å². The number of rotatable bonds is 6. The summed E-state index contributed by atoms with van der Waals surface area (Å²) in [5, 5.41) is 35.5. The van der Waals surface area contributed by atoms with Gasteiger partial charge in [-0.25, -0.2) is 5.43 Å². The van der Waals surface area contributed by atoms with Crippen LogP contribution in [0.15, 0.2) is 47.6 Å². The minimum atomic E-state index is -0.750. The molecule has 2 rings (SSSR count). The number of para-hydroxylation sites is 1. The minimum Gasteiger partial charge on any atom is -0.507 e. The fourth-order valence-electron chi connectivity index (χ4n) is 1.91. The molecule has 0 spiro atoms. The van der Waals surface area contributed by atoms with E-state index in [1.54, 1.807) is 12.1 Å². The van der Waals surface area contributed by atoms with Crippen molar-refractivity contribution in [3.63, 3.8) is 0 Å². The maximum Gasteiger partial charge on any atom is 0.311 e. The van der Waals surface area contributed by atoms with Gasteiger partial charge >= 0.3 is 5.69 Å². The van der Waals surface area contributed by atoms with E-state index in [4.69, 9.17) is 0 Å². The van der Waals surface area contributed by atoms with Gasteiger partial charge in [0.2, 0.25) is 0 Å². The van der Waals surface area contributed by atoms with Crippen molar-refractivity contribution in [2.45, 2.75) is 0 Å². The summed E-state index contributed by atoms with van der Waals surface area (Å²) in [5.41, 5.74) is 1.96. The Morgan fingerprint density at radius 2 is 1.88 bits per heavy atom. The predicted octanol–water partition coefficient (Wildman–Crippen LogP) is 0.886. The molecular weight excluding hydrogens is 344 g/mol. The Labute approximate surface area is 146 Å². The summed E-state index contributed by atoms with van der Waals surface area (Å²) in [5.74, 6) is -1.96. The zero-order chi connectivity index (χ0) is 19.1. The van der Waals surface area contributed by atoms with Crippen LogP contribution >= 0.6 is 0 Å². The van der Waals surface area contributed by atoms with Gasteiger partial charge in [0.05, 0.1) is 23.2 Å². The lowest BCUT2D eigenvalue weighted by atomic mass is 10.2. The fourth-order valence-corrected chi connectivity index (χ4v) is 1.91. The number of nitrogens with one attached hydrogen (secondary N) is 2. The third kappa shape index (κ3) is 4.77. The zero-order valence-electron chi connectivity index (χ0n) is 13.2. The molecule has 0 aliphatic heterocycles. The highest BCUT2D eigenvalue weighted by Gasteiger charge is 2.13. The fraction of sp³-hybridized carbons (Fsp3) is 0.0625. The van der Waals surface area contributed by atoms with Crippen molar-refractivity contribution in [2.75, 3.05) is 6.54 Å². The van der Waals surface area contributed by atoms with Crippen LogP contribution < -0.4 is 10.7 Å². The number of nitrogens with zero attached hydrogens (tertiary/aromatic N) is 2. The van der Waals surface area contributed by atoms with Crippen molar-refractivity contribution in [1.82, 2.24) is 10.7 Å². The van der Waals surface area contributed by atoms with E-state index in [0.29, 0.717) is 0 Å². The van der Waals surface area contributed by atoms with Crippen LogP contribution in [0.4, 0.5) is 5.69 Å². The molecule has 0 saturated heterocycles. The molecule has 0 fully saturated rings. The number of amides is 2. The minimum absolute atomic E-state index is 0.0280. The number of phenolic OH excluding ortho intramolecular Hbond substituents is 2. The molecule has 134 valence electrons. The Hall–Kier alpha value is -3.95. The summed E-state index contributed by atoms with van der Waals surface area (Å²) >= 11 is 0. The molecule has 10 nitrogen and oxygen atoms in total. The Morgan fingerprint density at radius 3 is 2.58 bits per heavy atom. The number of phenols is 2. The van der Waals surface area contributed by atoms with Gasteiger partial charge < -0.3 is 15.5 Å². The second-order valence-corrected chi connectivity index (χ2v) is 5.00.